The third kappa shape index (κ3) is 7.91. The van der Waals surface area contributed by atoms with Crippen LogP contribution in [0.2, 0.25) is 0 Å². The number of ketones is 1. The molecule has 0 spiro atoms. The molecule has 2 heterocycles. The van der Waals surface area contributed by atoms with Gasteiger partial charge in [-0.05, 0) is 59.3 Å². The van der Waals surface area contributed by atoms with Crippen LogP contribution in [0.4, 0.5) is 4.79 Å². The Morgan fingerprint density at radius 1 is 1.08 bits per heavy atom. The van der Waals surface area contributed by atoms with Crippen molar-refractivity contribution in [3.8, 4) is 0 Å². The molecule has 0 aromatic heterocycles. The van der Waals surface area contributed by atoms with E-state index in [1.54, 1.807) is 48.5 Å². The van der Waals surface area contributed by atoms with Crippen LogP contribution in [0.5, 0.6) is 0 Å². The first-order valence-corrected chi connectivity index (χ1v) is 13.3. The fourth-order valence-electron chi connectivity index (χ4n) is 5.10. The summed E-state index contributed by atoms with van der Waals surface area (Å²) in [6.45, 7) is 16.4. The molecule has 38 heavy (non-hydrogen) atoms. The van der Waals surface area contributed by atoms with Crippen LogP contribution in [0.3, 0.4) is 0 Å². The molecular weight excluding hydrogens is 494 g/mol. The first kappa shape index (κ1) is 31.5. The van der Waals surface area contributed by atoms with Gasteiger partial charge in [-0.25, -0.2) is 9.59 Å². The van der Waals surface area contributed by atoms with E-state index in [1.165, 1.54) is 4.90 Å². The molecule has 3 N–H and O–H groups in total. The van der Waals surface area contributed by atoms with Gasteiger partial charge in [0, 0.05) is 12.5 Å². The predicted octanol–water partition coefficient (Wildman–Crippen LogP) is 2.65. The van der Waals surface area contributed by atoms with Crippen molar-refractivity contribution in [2.24, 2.45) is 11.3 Å². The lowest BCUT2D eigenvalue weighted by Gasteiger charge is -2.39. The Morgan fingerprint density at radius 2 is 1.68 bits per heavy atom. The van der Waals surface area contributed by atoms with Crippen molar-refractivity contribution in [2.75, 3.05) is 6.54 Å². The van der Waals surface area contributed by atoms with Gasteiger partial charge >= 0.3 is 12.1 Å². The summed E-state index contributed by atoms with van der Waals surface area (Å²) in [6.07, 6.45) is 0.707. The molecule has 0 aromatic rings. The lowest BCUT2D eigenvalue weighted by molar-refractivity contribution is -0.151. The number of likely N-dealkylation sites (tertiary alicyclic amines) is 1. The highest BCUT2D eigenvalue weighted by Crippen LogP contribution is 2.41. The Hall–Kier alpha value is -2.69. The third-order valence-corrected chi connectivity index (χ3v) is 6.89. The number of hydrogen-bond acceptors (Lipinski definition) is 7. The van der Waals surface area contributed by atoms with Crippen LogP contribution < -0.4 is 10.6 Å². The van der Waals surface area contributed by atoms with E-state index in [1.807, 2.05) is 13.8 Å². The molecule has 0 bridgehead atoms. The summed E-state index contributed by atoms with van der Waals surface area (Å²) in [5.41, 5.74) is -1.94. The minimum absolute atomic E-state index is 0.124. The van der Waals surface area contributed by atoms with Crippen molar-refractivity contribution in [3.05, 3.63) is 0 Å². The number of hydrogen-bond donors (Lipinski definition) is 3. The quantitative estimate of drug-likeness (QED) is 0.398. The Bertz CT molecular complexity index is 934. The number of ether oxygens (including phenoxy) is 2. The van der Waals surface area contributed by atoms with Crippen LogP contribution in [0.25, 0.3) is 0 Å². The molecule has 0 aliphatic carbocycles. The molecule has 2 rings (SSSR count). The minimum atomic E-state index is -1.63. The second-order valence-electron chi connectivity index (χ2n) is 13.0. The molecule has 0 radical (unpaired) electrons. The molecule has 11 heteroatoms. The van der Waals surface area contributed by atoms with Crippen LogP contribution in [0.15, 0.2) is 0 Å². The molecular formula is C27H45N3O8. The number of nitrogens with one attached hydrogen (secondary N) is 2. The smallest absolute Gasteiger partial charge is 0.408 e. The number of amides is 3. The summed E-state index contributed by atoms with van der Waals surface area (Å²) in [4.78, 5) is 65.3. The number of carboxylic acids is 1. The number of Topliss-reactive ketones (excluding diaryl/α,β-unsaturated/α-hetero) is 1. The van der Waals surface area contributed by atoms with Gasteiger partial charge in [-0.2, -0.15) is 0 Å². The predicted molar refractivity (Wildman–Crippen MR) is 139 cm³/mol. The molecule has 5 atom stereocenters. The molecule has 2 saturated heterocycles. The van der Waals surface area contributed by atoms with Crippen LogP contribution >= 0.6 is 0 Å². The normalized spacial score (nSPS) is 24.6. The summed E-state index contributed by atoms with van der Waals surface area (Å²) in [6, 6.07) is -3.22. The van der Waals surface area contributed by atoms with Crippen molar-refractivity contribution in [1.29, 1.82) is 0 Å². The fraction of sp³-hybridized carbons (Fsp3) is 0.815. The zero-order chi connectivity index (χ0) is 29.2. The number of fused-ring (bicyclic) bond motifs is 1. The first-order chi connectivity index (χ1) is 17.3. The van der Waals surface area contributed by atoms with Crippen LogP contribution in [0.1, 0.15) is 88.0 Å². The number of carboxylic acid groups (broad SMARTS) is 1. The number of carbonyl (C=O) groups excluding carboxylic acids is 4. The zero-order valence-corrected chi connectivity index (χ0v) is 24.2. The first-order valence-electron chi connectivity index (χ1n) is 13.3. The van der Waals surface area contributed by atoms with Gasteiger partial charge in [-0.15, -0.1) is 0 Å². The van der Waals surface area contributed by atoms with E-state index in [0.717, 1.165) is 0 Å². The summed E-state index contributed by atoms with van der Waals surface area (Å²) in [5.74, 6) is -4.16. The van der Waals surface area contributed by atoms with Crippen molar-refractivity contribution >= 4 is 29.7 Å². The Kier molecular flexibility index (Phi) is 9.62. The topological polar surface area (TPSA) is 151 Å². The second-order valence-corrected chi connectivity index (χ2v) is 13.0. The van der Waals surface area contributed by atoms with Crippen LogP contribution in [-0.2, 0) is 28.7 Å². The maximum absolute atomic E-state index is 14.0. The fourth-order valence-corrected chi connectivity index (χ4v) is 5.10. The maximum Gasteiger partial charge on any atom is 0.408 e. The summed E-state index contributed by atoms with van der Waals surface area (Å²) >= 11 is 0. The van der Waals surface area contributed by atoms with E-state index in [2.05, 4.69) is 10.6 Å². The molecule has 2 fully saturated rings. The summed E-state index contributed by atoms with van der Waals surface area (Å²) in [5, 5.41) is 14.5. The number of alkyl carbamates (subject to hydrolysis) is 1. The van der Waals surface area contributed by atoms with Crippen molar-refractivity contribution in [3.63, 3.8) is 0 Å². The van der Waals surface area contributed by atoms with Gasteiger partial charge in [-0.3, -0.25) is 14.4 Å². The SMILES string of the molecule is CCCC(NC(=O)[C@@H]1[C@H]2CCC(C)(C)O[C@H]2CN1C(=O)[C@@H](NC(=O)OC(C)(C)C)C(C)(C)C)C(=O)C(=O)O. The number of nitrogens with zero attached hydrogens (tertiary/aromatic N) is 1. The average Bonchev–Trinajstić information content (AvgIpc) is 3.11. The lowest BCUT2D eigenvalue weighted by Crippen LogP contribution is -2.60. The molecule has 2 aliphatic rings. The standard InChI is InChI=1S/C27H45N3O8/c1-10-11-16(19(31)23(34)35)28-21(32)18-15-12-13-27(8,9)37-17(15)14-30(18)22(33)20(25(2,3)4)29-24(36)38-26(5,6)7/h15-18,20H,10-14H2,1-9H3,(H,28,32)(H,29,36)(H,34,35)/t15-,16?,17-,18-,20+/m0/s1. The van der Waals surface area contributed by atoms with Gasteiger partial charge in [0.25, 0.3) is 5.78 Å². The monoisotopic (exact) mass is 539 g/mol. The summed E-state index contributed by atoms with van der Waals surface area (Å²) in [7, 11) is 0. The maximum atomic E-state index is 14.0. The zero-order valence-electron chi connectivity index (χ0n) is 24.2. The molecule has 2 aliphatic heterocycles. The highest BCUT2D eigenvalue weighted by atomic mass is 16.6. The third-order valence-electron chi connectivity index (χ3n) is 6.89. The van der Waals surface area contributed by atoms with Gasteiger partial charge in [0.2, 0.25) is 11.8 Å². The van der Waals surface area contributed by atoms with E-state index >= 15 is 0 Å². The van der Waals surface area contributed by atoms with E-state index < -0.39 is 70.5 Å². The van der Waals surface area contributed by atoms with Gasteiger partial charge in [-0.1, -0.05) is 34.1 Å². The van der Waals surface area contributed by atoms with Gasteiger partial charge in [0.05, 0.1) is 17.7 Å². The van der Waals surface area contributed by atoms with E-state index in [4.69, 9.17) is 9.47 Å². The number of aliphatic carboxylic acids is 1. The van der Waals surface area contributed by atoms with E-state index in [-0.39, 0.29) is 18.9 Å². The largest absolute Gasteiger partial charge is 0.475 e. The molecule has 0 aromatic carbocycles. The van der Waals surface area contributed by atoms with Gasteiger partial charge < -0.3 is 30.1 Å². The number of carbonyl (C=O) groups is 5. The van der Waals surface area contributed by atoms with Gasteiger partial charge in [0.15, 0.2) is 0 Å². The minimum Gasteiger partial charge on any atom is -0.475 e. The van der Waals surface area contributed by atoms with Gasteiger partial charge in [0.1, 0.15) is 17.7 Å². The molecule has 3 amide bonds. The molecule has 1 unspecified atom stereocenters. The van der Waals surface area contributed by atoms with Crippen molar-refractivity contribution in [1.82, 2.24) is 15.5 Å². The Morgan fingerprint density at radius 3 is 2.18 bits per heavy atom. The summed E-state index contributed by atoms with van der Waals surface area (Å²) < 4.78 is 11.6. The van der Waals surface area contributed by atoms with Crippen molar-refractivity contribution in [2.45, 2.75) is 123 Å². The van der Waals surface area contributed by atoms with Crippen molar-refractivity contribution < 1.29 is 38.6 Å². The molecule has 216 valence electrons. The van der Waals surface area contributed by atoms with E-state index in [9.17, 15) is 29.1 Å². The Labute approximate surface area is 225 Å². The second kappa shape index (κ2) is 11.6. The highest BCUT2D eigenvalue weighted by molar-refractivity contribution is 6.35. The average molecular weight is 540 g/mol. The molecule has 11 nitrogen and oxygen atoms in total. The lowest BCUT2D eigenvalue weighted by atomic mass is 9.83. The Balaban J connectivity index is 2.42. The van der Waals surface area contributed by atoms with E-state index in [0.29, 0.717) is 19.3 Å². The highest BCUT2D eigenvalue weighted by Gasteiger charge is 2.54. The molecule has 0 saturated carbocycles. The van der Waals surface area contributed by atoms with Crippen LogP contribution in [0, 0.1) is 11.3 Å². The van der Waals surface area contributed by atoms with Crippen LogP contribution in [-0.4, -0.2) is 81.6 Å². The number of rotatable bonds is 8.